The molecular weight excluding hydrogens is 354 g/mol. The maximum atomic E-state index is 13.0. The Morgan fingerprint density at radius 2 is 1.96 bits per heavy atom. The highest BCUT2D eigenvalue weighted by atomic mass is 16.5. The van der Waals surface area contributed by atoms with Crippen molar-refractivity contribution in [3.63, 3.8) is 0 Å². The van der Waals surface area contributed by atoms with Crippen LogP contribution in [0.1, 0.15) is 29.5 Å². The number of aryl methyl sites for hydroxylation is 1. The first-order chi connectivity index (χ1) is 13.5. The zero-order valence-electron chi connectivity index (χ0n) is 16.2. The molecule has 2 aromatic carbocycles. The van der Waals surface area contributed by atoms with Crippen molar-refractivity contribution in [1.82, 2.24) is 4.90 Å². The van der Waals surface area contributed by atoms with Crippen molar-refractivity contribution < 1.29 is 14.3 Å². The fourth-order valence-corrected chi connectivity index (χ4v) is 3.45. The first-order valence-electron chi connectivity index (χ1n) is 9.60. The molecule has 0 aromatic heterocycles. The second kappa shape index (κ2) is 9.37. The van der Waals surface area contributed by atoms with Crippen molar-refractivity contribution >= 4 is 17.6 Å². The van der Waals surface area contributed by atoms with E-state index in [9.17, 15) is 9.59 Å². The van der Waals surface area contributed by atoms with Gasteiger partial charge < -0.3 is 20.7 Å². The van der Waals surface area contributed by atoms with Gasteiger partial charge in [0.2, 0.25) is 5.91 Å². The van der Waals surface area contributed by atoms with Crippen LogP contribution in [0.3, 0.4) is 0 Å². The Hall–Kier alpha value is -2.86. The van der Waals surface area contributed by atoms with Gasteiger partial charge in [-0.25, -0.2) is 4.79 Å². The zero-order chi connectivity index (χ0) is 19.9. The number of benzene rings is 2. The minimum absolute atomic E-state index is 0.0664. The molecule has 148 valence electrons. The molecule has 1 atom stereocenters. The molecular formula is C22H27N3O3. The predicted molar refractivity (Wildman–Crippen MR) is 109 cm³/mol. The largest absolute Gasteiger partial charge is 0.376 e. The molecule has 28 heavy (non-hydrogen) atoms. The summed E-state index contributed by atoms with van der Waals surface area (Å²) >= 11 is 0. The molecule has 1 aliphatic heterocycles. The summed E-state index contributed by atoms with van der Waals surface area (Å²) in [7, 11) is 0. The van der Waals surface area contributed by atoms with E-state index < -0.39 is 5.91 Å². The molecule has 3 amide bonds. The van der Waals surface area contributed by atoms with Gasteiger partial charge in [-0.3, -0.25) is 4.79 Å². The molecule has 1 heterocycles. The van der Waals surface area contributed by atoms with E-state index in [1.165, 1.54) is 0 Å². The molecule has 3 N–H and O–H groups in total. The monoisotopic (exact) mass is 381 g/mol. The van der Waals surface area contributed by atoms with Crippen LogP contribution in [0.15, 0.2) is 48.5 Å². The summed E-state index contributed by atoms with van der Waals surface area (Å²) < 4.78 is 5.74. The second-order valence-electron chi connectivity index (χ2n) is 7.28. The van der Waals surface area contributed by atoms with Gasteiger partial charge in [0.25, 0.3) is 0 Å². The number of nitrogens with one attached hydrogen (secondary N) is 1. The minimum Gasteiger partial charge on any atom is -0.376 e. The summed E-state index contributed by atoms with van der Waals surface area (Å²) in [5, 5.41) is 2.94. The van der Waals surface area contributed by atoms with E-state index in [0.29, 0.717) is 18.8 Å². The lowest BCUT2D eigenvalue weighted by molar-refractivity contribution is -0.117. The summed E-state index contributed by atoms with van der Waals surface area (Å²) in [5.41, 5.74) is 8.92. The van der Waals surface area contributed by atoms with Gasteiger partial charge in [0.1, 0.15) is 0 Å². The number of urea groups is 1. The molecule has 6 nitrogen and oxygen atoms in total. The molecule has 1 unspecified atom stereocenters. The molecule has 0 spiro atoms. The number of hydrogen-bond donors (Lipinski definition) is 2. The van der Waals surface area contributed by atoms with Crippen LogP contribution in [-0.2, 0) is 22.5 Å². The van der Waals surface area contributed by atoms with E-state index >= 15 is 0 Å². The predicted octanol–water partition coefficient (Wildman–Crippen LogP) is 3.24. The van der Waals surface area contributed by atoms with Crippen LogP contribution >= 0.6 is 0 Å². The Morgan fingerprint density at radius 1 is 1.18 bits per heavy atom. The molecule has 1 saturated heterocycles. The van der Waals surface area contributed by atoms with Crippen molar-refractivity contribution in [1.29, 1.82) is 0 Å². The Bertz CT molecular complexity index is 831. The van der Waals surface area contributed by atoms with E-state index in [4.69, 9.17) is 10.5 Å². The fraction of sp³-hybridized carbons (Fsp3) is 0.364. The first kappa shape index (κ1) is 19.9. The SMILES string of the molecule is Cc1cccc(CN(CC2CCCO2)C(=O)Nc2cccc(CC(N)=O)c2)c1. The topological polar surface area (TPSA) is 84.7 Å². The van der Waals surface area contributed by atoms with Crippen molar-refractivity contribution in [2.75, 3.05) is 18.5 Å². The molecule has 3 rings (SSSR count). The van der Waals surface area contributed by atoms with Crippen LogP contribution in [0.25, 0.3) is 0 Å². The van der Waals surface area contributed by atoms with Gasteiger partial charge in [-0.15, -0.1) is 0 Å². The zero-order valence-corrected chi connectivity index (χ0v) is 16.2. The van der Waals surface area contributed by atoms with Crippen LogP contribution in [0.4, 0.5) is 10.5 Å². The number of carbonyl (C=O) groups is 2. The van der Waals surface area contributed by atoms with Crippen LogP contribution in [-0.4, -0.2) is 36.1 Å². The third-order valence-corrected chi connectivity index (χ3v) is 4.75. The van der Waals surface area contributed by atoms with Gasteiger partial charge in [-0.05, 0) is 43.0 Å². The van der Waals surface area contributed by atoms with Crippen LogP contribution in [0.5, 0.6) is 0 Å². The van der Waals surface area contributed by atoms with Crippen LogP contribution < -0.4 is 11.1 Å². The van der Waals surface area contributed by atoms with E-state index in [1.807, 2.05) is 31.2 Å². The van der Waals surface area contributed by atoms with Crippen molar-refractivity contribution in [3.8, 4) is 0 Å². The standard InChI is InChI=1S/C22H27N3O3/c1-16-5-2-7-18(11-16)14-25(15-20-9-4-10-28-20)22(27)24-19-8-3-6-17(12-19)13-21(23)26/h2-3,5-8,11-12,20H,4,9-10,13-15H2,1H3,(H2,23,26)(H,24,27). The van der Waals surface area contributed by atoms with E-state index in [2.05, 4.69) is 11.4 Å². The highest BCUT2D eigenvalue weighted by Gasteiger charge is 2.23. The maximum Gasteiger partial charge on any atom is 0.322 e. The smallest absolute Gasteiger partial charge is 0.322 e. The lowest BCUT2D eigenvalue weighted by Crippen LogP contribution is -2.39. The Kier molecular flexibility index (Phi) is 6.66. The summed E-state index contributed by atoms with van der Waals surface area (Å²) in [4.78, 5) is 25.9. The van der Waals surface area contributed by atoms with Gasteiger partial charge in [0.05, 0.1) is 12.5 Å². The van der Waals surface area contributed by atoms with Crippen LogP contribution in [0, 0.1) is 6.92 Å². The van der Waals surface area contributed by atoms with Crippen LogP contribution in [0.2, 0.25) is 0 Å². The summed E-state index contributed by atoms with van der Waals surface area (Å²) in [6.07, 6.45) is 2.20. The fourth-order valence-electron chi connectivity index (χ4n) is 3.45. The molecule has 1 fully saturated rings. The van der Waals surface area contributed by atoms with Crippen molar-refractivity contribution in [2.24, 2.45) is 5.73 Å². The van der Waals surface area contributed by atoms with Gasteiger partial charge in [0.15, 0.2) is 0 Å². The second-order valence-corrected chi connectivity index (χ2v) is 7.28. The van der Waals surface area contributed by atoms with Crippen molar-refractivity contribution in [2.45, 2.75) is 38.8 Å². The molecule has 1 aliphatic rings. The van der Waals surface area contributed by atoms with Crippen molar-refractivity contribution in [3.05, 3.63) is 65.2 Å². The lowest BCUT2D eigenvalue weighted by atomic mass is 10.1. The number of ether oxygens (including phenoxy) is 1. The van der Waals surface area contributed by atoms with E-state index in [1.54, 1.807) is 23.1 Å². The first-order valence-corrected chi connectivity index (χ1v) is 9.60. The molecule has 0 aliphatic carbocycles. The molecule has 2 aromatic rings. The highest BCUT2D eigenvalue weighted by Crippen LogP contribution is 2.18. The Balaban J connectivity index is 1.72. The number of primary amides is 1. The average Bonchev–Trinajstić information content (AvgIpc) is 3.14. The number of nitrogens with two attached hydrogens (primary N) is 1. The number of carbonyl (C=O) groups excluding carboxylic acids is 2. The highest BCUT2D eigenvalue weighted by molar-refractivity contribution is 5.89. The third kappa shape index (κ3) is 5.82. The average molecular weight is 381 g/mol. The number of anilines is 1. The summed E-state index contributed by atoms with van der Waals surface area (Å²) in [6.45, 7) is 3.84. The normalized spacial score (nSPS) is 16.0. The minimum atomic E-state index is -0.400. The number of hydrogen-bond acceptors (Lipinski definition) is 3. The maximum absolute atomic E-state index is 13.0. The molecule has 0 radical (unpaired) electrons. The van der Waals surface area contributed by atoms with Gasteiger partial charge in [-0.1, -0.05) is 42.0 Å². The Morgan fingerprint density at radius 3 is 2.68 bits per heavy atom. The number of nitrogens with zero attached hydrogens (tertiary/aromatic N) is 1. The van der Waals surface area contributed by atoms with Gasteiger partial charge in [0, 0.05) is 25.4 Å². The number of amides is 3. The van der Waals surface area contributed by atoms with E-state index in [-0.39, 0.29) is 18.6 Å². The molecule has 6 heteroatoms. The molecule has 0 bridgehead atoms. The summed E-state index contributed by atoms with van der Waals surface area (Å²) in [5.74, 6) is -0.400. The van der Waals surface area contributed by atoms with Gasteiger partial charge in [-0.2, -0.15) is 0 Å². The van der Waals surface area contributed by atoms with Gasteiger partial charge >= 0.3 is 6.03 Å². The quantitative estimate of drug-likeness (QED) is 0.772. The van der Waals surface area contributed by atoms with E-state index in [0.717, 1.165) is 36.1 Å². The Labute approximate surface area is 165 Å². The summed E-state index contributed by atoms with van der Waals surface area (Å²) in [6, 6.07) is 15.2. The number of rotatable bonds is 7. The lowest BCUT2D eigenvalue weighted by Gasteiger charge is -2.26. The third-order valence-electron chi connectivity index (χ3n) is 4.75. The molecule has 0 saturated carbocycles.